The quantitative estimate of drug-likeness (QED) is 0.876. The molecule has 1 aliphatic rings. The number of aromatic nitrogens is 1. The van der Waals surface area contributed by atoms with Crippen molar-refractivity contribution < 1.29 is 19.1 Å². The van der Waals surface area contributed by atoms with Crippen LogP contribution < -0.4 is 0 Å². The maximum absolute atomic E-state index is 12.7. The van der Waals surface area contributed by atoms with Crippen LogP contribution in [0.1, 0.15) is 17.9 Å². The molecule has 1 fully saturated rings. The van der Waals surface area contributed by atoms with Gasteiger partial charge in [-0.2, -0.15) is 23.1 Å². The Labute approximate surface area is 147 Å². The van der Waals surface area contributed by atoms with Crippen molar-refractivity contribution in [1.82, 2.24) is 9.88 Å². The topological polar surface area (TPSA) is 83.6 Å². The SMILES string of the molecule is Cc1oc(-c2ccsc2)nc1CC(=O)N1CCSCC1CC(=O)O. The molecule has 1 saturated heterocycles. The van der Waals surface area contributed by atoms with E-state index in [4.69, 9.17) is 9.52 Å². The first-order valence-electron chi connectivity index (χ1n) is 7.62. The number of aliphatic carboxylic acids is 1. The summed E-state index contributed by atoms with van der Waals surface area (Å²) in [7, 11) is 0. The zero-order chi connectivity index (χ0) is 17.1. The molecule has 1 aliphatic heterocycles. The number of oxazole rings is 1. The number of nitrogens with zero attached hydrogens (tertiary/aromatic N) is 2. The third kappa shape index (κ3) is 3.81. The summed E-state index contributed by atoms with van der Waals surface area (Å²) < 4.78 is 5.67. The predicted molar refractivity (Wildman–Crippen MR) is 93.3 cm³/mol. The Balaban J connectivity index is 1.73. The highest BCUT2D eigenvalue weighted by Crippen LogP contribution is 2.25. The fourth-order valence-corrected chi connectivity index (χ4v) is 4.39. The number of carbonyl (C=O) groups excluding carboxylic acids is 1. The van der Waals surface area contributed by atoms with Crippen LogP contribution in [0.5, 0.6) is 0 Å². The lowest BCUT2D eigenvalue weighted by Gasteiger charge is -2.34. The second-order valence-electron chi connectivity index (χ2n) is 5.62. The summed E-state index contributed by atoms with van der Waals surface area (Å²) in [5.41, 5.74) is 1.52. The molecule has 8 heteroatoms. The van der Waals surface area contributed by atoms with Gasteiger partial charge in [-0.3, -0.25) is 9.59 Å². The van der Waals surface area contributed by atoms with Crippen LogP contribution in [0.15, 0.2) is 21.2 Å². The molecule has 1 amide bonds. The van der Waals surface area contributed by atoms with Gasteiger partial charge in [-0.1, -0.05) is 0 Å². The number of hydrogen-bond acceptors (Lipinski definition) is 6. The Kier molecular flexibility index (Phi) is 5.25. The van der Waals surface area contributed by atoms with E-state index in [0.717, 1.165) is 11.3 Å². The van der Waals surface area contributed by atoms with Crippen molar-refractivity contribution in [2.45, 2.75) is 25.8 Å². The van der Waals surface area contributed by atoms with Crippen molar-refractivity contribution >= 4 is 35.0 Å². The van der Waals surface area contributed by atoms with E-state index in [0.29, 0.717) is 29.6 Å². The minimum absolute atomic E-state index is 0.0172. The molecule has 2 aromatic heterocycles. The van der Waals surface area contributed by atoms with E-state index in [1.165, 1.54) is 0 Å². The highest BCUT2D eigenvalue weighted by atomic mass is 32.2. The summed E-state index contributed by atoms with van der Waals surface area (Å²) in [6.45, 7) is 2.38. The van der Waals surface area contributed by atoms with Gasteiger partial charge >= 0.3 is 5.97 Å². The molecular weight excluding hydrogens is 348 g/mol. The van der Waals surface area contributed by atoms with Crippen LogP contribution in [-0.4, -0.2) is 51.0 Å². The van der Waals surface area contributed by atoms with E-state index >= 15 is 0 Å². The lowest BCUT2D eigenvalue weighted by molar-refractivity contribution is -0.140. The molecular formula is C16H18N2O4S2. The fraction of sp³-hybridized carbons (Fsp3) is 0.438. The Morgan fingerprint density at radius 2 is 2.33 bits per heavy atom. The minimum Gasteiger partial charge on any atom is -0.481 e. The lowest BCUT2D eigenvalue weighted by Crippen LogP contribution is -2.47. The average Bonchev–Trinajstić information content (AvgIpc) is 3.17. The Bertz CT molecular complexity index is 727. The number of carbonyl (C=O) groups is 2. The van der Waals surface area contributed by atoms with Gasteiger partial charge in [0.1, 0.15) is 5.76 Å². The van der Waals surface area contributed by atoms with E-state index in [2.05, 4.69) is 4.98 Å². The molecule has 1 unspecified atom stereocenters. The monoisotopic (exact) mass is 366 g/mol. The lowest BCUT2D eigenvalue weighted by atomic mass is 10.1. The predicted octanol–water partition coefficient (Wildman–Crippen LogP) is 2.67. The number of hydrogen-bond donors (Lipinski definition) is 1. The van der Waals surface area contributed by atoms with Gasteiger partial charge in [0.2, 0.25) is 11.8 Å². The molecule has 24 heavy (non-hydrogen) atoms. The van der Waals surface area contributed by atoms with Gasteiger partial charge in [-0.25, -0.2) is 4.98 Å². The number of carboxylic acids is 1. The summed E-state index contributed by atoms with van der Waals surface area (Å²) in [4.78, 5) is 29.8. The van der Waals surface area contributed by atoms with E-state index in [1.54, 1.807) is 34.9 Å². The largest absolute Gasteiger partial charge is 0.481 e. The summed E-state index contributed by atoms with van der Waals surface area (Å²) in [6, 6.07) is 1.67. The van der Waals surface area contributed by atoms with Gasteiger partial charge in [0, 0.05) is 29.0 Å². The molecule has 3 heterocycles. The fourth-order valence-electron chi connectivity index (χ4n) is 2.70. The van der Waals surface area contributed by atoms with Gasteiger partial charge in [-0.05, 0) is 18.4 Å². The summed E-state index contributed by atoms with van der Waals surface area (Å²) in [5.74, 6) is 1.68. The van der Waals surface area contributed by atoms with Gasteiger partial charge < -0.3 is 14.4 Å². The standard InChI is InChI=1S/C16H18N2O4S2/c1-10-13(17-16(22-10)11-2-4-23-8-11)7-14(19)18-3-5-24-9-12(18)6-15(20)21/h2,4,8,12H,3,5-7,9H2,1H3,(H,20,21). The van der Waals surface area contributed by atoms with Crippen LogP contribution in [-0.2, 0) is 16.0 Å². The summed E-state index contributed by atoms with van der Waals surface area (Å²) in [5, 5.41) is 12.9. The smallest absolute Gasteiger partial charge is 0.305 e. The molecule has 3 rings (SSSR count). The van der Waals surface area contributed by atoms with Crippen LogP contribution in [0.2, 0.25) is 0 Å². The zero-order valence-electron chi connectivity index (χ0n) is 13.2. The molecule has 0 bridgehead atoms. The highest BCUT2D eigenvalue weighted by molar-refractivity contribution is 7.99. The van der Waals surface area contributed by atoms with Gasteiger partial charge in [-0.15, -0.1) is 0 Å². The molecule has 6 nitrogen and oxygen atoms in total. The van der Waals surface area contributed by atoms with Crippen LogP contribution in [0.3, 0.4) is 0 Å². The Morgan fingerprint density at radius 3 is 3.04 bits per heavy atom. The van der Waals surface area contributed by atoms with Crippen LogP contribution in [0, 0.1) is 6.92 Å². The van der Waals surface area contributed by atoms with Crippen molar-refractivity contribution in [3.63, 3.8) is 0 Å². The Hall–Kier alpha value is -1.80. The van der Waals surface area contributed by atoms with Crippen molar-refractivity contribution in [2.24, 2.45) is 0 Å². The molecule has 1 atom stereocenters. The average molecular weight is 366 g/mol. The van der Waals surface area contributed by atoms with Gasteiger partial charge in [0.15, 0.2) is 0 Å². The number of amides is 1. The van der Waals surface area contributed by atoms with Crippen molar-refractivity contribution in [1.29, 1.82) is 0 Å². The van der Waals surface area contributed by atoms with E-state index in [-0.39, 0.29) is 24.8 Å². The molecule has 0 aromatic carbocycles. The molecule has 0 saturated carbocycles. The van der Waals surface area contributed by atoms with Gasteiger partial charge in [0.25, 0.3) is 0 Å². The van der Waals surface area contributed by atoms with Crippen molar-refractivity contribution in [3.8, 4) is 11.5 Å². The zero-order valence-corrected chi connectivity index (χ0v) is 14.9. The van der Waals surface area contributed by atoms with Crippen LogP contribution >= 0.6 is 23.1 Å². The number of thiophene rings is 1. The minimum atomic E-state index is -0.877. The molecule has 0 radical (unpaired) electrons. The number of thioether (sulfide) groups is 1. The van der Waals surface area contributed by atoms with E-state index in [9.17, 15) is 9.59 Å². The third-order valence-corrected chi connectivity index (χ3v) is 5.71. The normalized spacial score (nSPS) is 17.9. The molecule has 0 spiro atoms. The molecule has 2 aromatic rings. The third-order valence-electron chi connectivity index (χ3n) is 3.94. The molecule has 128 valence electrons. The van der Waals surface area contributed by atoms with Crippen LogP contribution in [0.4, 0.5) is 0 Å². The molecule has 1 N–H and O–H groups in total. The maximum Gasteiger partial charge on any atom is 0.305 e. The number of carboxylic acid groups (broad SMARTS) is 1. The Morgan fingerprint density at radius 1 is 1.50 bits per heavy atom. The van der Waals surface area contributed by atoms with Crippen molar-refractivity contribution in [3.05, 3.63) is 28.3 Å². The first-order chi connectivity index (χ1) is 11.5. The highest BCUT2D eigenvalue weighted by Gasteiger charge is 2.29. The van der Waals surface area contributed by atoms with Crippen molar-refractivity contribution in [2.75, 3.05) is 18.1 Å². The maximum atomic E-state index is 12.7. The number of rotatable bonds is 5. The second kappa shape index (κ2) is 7.40. The summed E-state index contributed by atoms with van der Waals surface area (Å²) in [6.07, 6.45) is 0.122. The van der Waals surface area contributed by atoms with Gasteiger partial charge in [0.05, 0.1) is 24.6 Å². The first kappa shape index (κ1) is 17.0. The number of aryl methyl sites for hydroxylation is 1. The van der Waals surface area contributed by atoms with E-state index in [1.807, 2.05) is 16.8 Å². The van der Waals surface area contributed by atoms with E-state index < -0.39 is 5.97 Å². The second-order valence-corrected chi connectivity index (χ2v) is 7.55. The van der Waals surface area contributed by atoms with Crippen LogP contribution in [0.25, 0.3) is 11.5 Å². The first-order valence-corrected chi connectivity index (χ1v) is 9.72. The summed E-state index contributed by atoms with van der Waals surface area (Å²) >= 11 is 3.25. The molecule has 0 aliphatic carbocycles.